The van der Waals surface area contributed by atoms with Crippen molar-refractivity contribution < 1.29 is 9.59 Å². The molecule has 2 aliphatic rings. The number of likely N-dealkylation sites (tertiary alicyclic amines) is 1. The summed E-state index contributed by atoms with van der Waals surface area (Å²) < 4.78 is 1.39. The number of anilines is 1. The number of rotatable bonds is 3. The Morgan fingerprint density at radius 3 is 2.16 bits per heavy atom. The lowest BCUT2D eigenvalue weighted by molar-refractivity contribution is -0.125. The van der Waals surface area contributed by atoms with Crippen molar-refractivity contribution in [1.82, 2.24) is 19.6 Å². The Kier molecular flexibility index (Phi) is 9.46. The number of hydrogen-bond acceptors (Lipinski definition) is 5. The maximum absolute atomic E-state index is 11.2. The lowest BCUT2D eigenvalue weighted by atomic mass is 9.92. The SMILES string of the molecule is C=CC(=O)N1CCC(N(C)C)C1.Cn1ncc(C(N)=O)c1N.c1ccc2c(c1)CCCC2. The molecular weight excluding hydrogens is 404 g/mol. The minimum Gasteiger partial charge on any atom is -0.383 e. The highest BCUT2D eigenvalue weighted by atomic mass is 16.2. The summed E-state index contributed by atoms with van der Waals surface area (Å²) >= 11 is 0. The number of benzene rings is 1. The normalized spacial score (nSPS) is 16.9. The molecule has 32 heavy (non-hydrogen) atoms. The fourth-order valence-electron chi connectivity index (χ4n) is 3.81. The molecule has 0 saturated carbocycles. The zero-order valence-electron chi connectivity index (χ0n) is 19.5. The van der Waals surface area contributed by atoms with Crippen LogP contribution < -0.4 is 11.5 Å². The predicted molar refractivity (Wildman–Crippen MR) is 128 cm³/mol. The average molecular weight is 441 g/mol. The van der Waals surface area contributed by atoms with Crippen LogP contribution in [-0.2, 0) is 24.7 Å². The quantitative estimate of drug-likeness (QED) is 0.710. The van der Waals surface area contributed by atoms with E-state index in [1.807, 2.05) is 19.0 Å². The molecule has 1 unspecified atom stereocenters. The topological polar surface area (TPSA) is 110 Å². The predicted octanol–water partition coefficient (Wildman–Crippen LogP) is 2.00. The zero-order valence-corrected chi connectivity index (χ0v) is 19.5. The Morgan fingerprint density at radius 2 is 1.78 bits per heavy atom. The molecule has 1 aliphatic carbocycles. The molecule has 2 amide bonds. The van der Waals surface area contributed by atoms with Crippen molar-refractivity contribution in [3.8, 4) is 0 Å². The lowest BCUT2D eigenvalue weighted by Crippen LogP contribution is -2.33. The molecule has 4 N–H and O–H groups in total. The van der Waals surface area contributed by atoms with Gasteiger partial charge in [-0.2, -0.15) is 5.10 Å². The van der Waals surface area contributed by atoms with Crippen LogP contribution in [-0.4, -0.2) is 64.6 Å². The molecule has 2 heterocycles. The van der Waals surface area contributed by atoms with Crippen molar-refractivity contribution in [1.29, 1.82) is 0 Å². The molecule has 2 aromatic rings. The van der Waals surface area contributed by atoms with E-state index in [4.69, 9.17) is 11.5 Å². The number of carbonyl (C=O) groups is 2. The van der Waals surface area contributed by atoms with Crippen molar-refractivity contribution in [3.63, 3.8) is 0 Å². The van der Waals surface area contributed by atoms with Gasteiger partial charge in [-0.3, -0.25) is 14.3 Å². The molecule has 1 aromatic carbocycles. The summed E-state index contributed by atoms with van der Waals surface area (Å²) in [6, 6.07) is 9.32. The number of nitrogens with zero attached hydrogens (tertiary/aromatic N) is 4. The van der Waals surface area contributed by atoms with Crippen LogP contribution in [0, 0.1) is 0 Å². The van der Waals surface area contributed by atoms with Gasteiger partial charge in [-0.1, -0.05) is 30.8 Å². The van der Waals surface area contributed by atoms with Gasteiger partial charge in [0, 0.05) is 26.2 Å². The fraction of sp³-hybridized carbons (Fsp3) is 0.458. The molecule has 0 bridgehead atoms. The van der Waals surface area contributed by atoms with Gasteiger partial charge in [-0.25, -0.2) is 0 Å². The second-order valence-electron chi connectivity index (χ2n) is 8.30. The third-order valence-corrected chi connectivity index (χ3v) is 5.89. The van der Waals surface area contributed by atoms with Gasteiger partial charge in [0.15, 0.2) is 0 Å². The van der Waals surface area contributed by atoms with E-state index >= 15 is 0 Å². The van der Waals surface area contributed by atoms with Gasteiger partial charge in [0.1, 0.15) is 11.4 Å². The van der Waals surface area contributed by atoms with Crippen LogP contribution in [0.3, 0.4) is 0 Å². The lowest BCUT2D eigenvalue weighted by Gasteiger charge is -2.19. The highest BCUT2D eigenvalue weighted by Crippen LogP contribution is 2.19. The molecule has 8 heteroatoms. The third-order valence-electron chi connectivity index (χ3n) is 5.89. The van der Waals surface area contributed by atoms with E-state index < -0.39 is 5.91 Å². The molecule has 1 fully saturated rings. The molecule has 8 nitrogen and oxygen atoms in total. The maximum atomic E-state index is 11.2. The van der Waals surface area contributed by atoms with Crippen LogP contribution >= 0.6 is 0 Å². The van der Waals surface area contributed by atoms with Gasteiger partial charge < -0.3 is 21.3 Å². The molecule has 4 rings (SSSR count). The van der Waals surface area contributed by atoms with Crippen molar-refractivity contribution in [2.24, 2.45) is 12.8 Å². The number of hydrogen-bond donors (Lipinski definition) is 2. The molecule has 174 valence electrons. The highest BCUT2D eigenvalue weighted by molar-refractivity contribution is 5.96. The summed E-state index contributed by atoms with van der Waals surface area (Å²) in [5, 5.41) is 3.73. The van der Waals surface area contributed by atoms with Gasteiger partial charge in [0.2, 0.25) is 5.91 Å². The minimum absolute atomic E-state index is 0.0550. The first-order valence-electron chi connectivity index (χ1n) is 11.0. The van der Waals surface area contributed by atoms with Crippen molar-refractivity contribution in [2.45, 2.75) is 38.1 Å². The van der Waals surface area contributed by atoms with E-state index in [0.29, 0.717) is 11.9 Å². The van der Waals surface area contributed by atoms with E-state index in [1.54, 1.807) is 18.2 Å². The Labute approximate surface area is 190 Å². The van der Waals surface area contributed by atoms with Gasteiger partial charge >= 0.3 is 0 Å². The number of aryl methyl sites for hydroxylation is 3. The summed E-state index contributed by atoms with van der Waals surface area (Å²) in [7, 11) is 5.74. The van der Waals surface area contributed by atoms with E-state index in [-0.39, 0.29) is 11.5 Å². The van der Waals surface area contributed by atoms with Crippen molar-refractivity contribution in [2.75, 3.05) is 32.9 Å². The van der Waals surface area contributed by atoms with E-state index in [9.17, 15) is 9.59 Å². The van der Waals surface area contributed by atoms with Crippen LogP contribution in [0.4, 0.5) is 5.82 Å². The Bertz CT molecular complexity index is 896. The molecule has 0 spiro atoms. The average Bonchev–Trinajstić information content (AvgIpc) is 3.42. The van der Waals surface area contributed by atoms with Gasteiger partial charge in [-0.05, 0) is 63.4 Å². The summed E-state index contributed by atoms with van der Waals surface area (Å²) in [6.45, 7) is 5.18. The van der Waals surface area contributed by atoms with Gasteiger partial charge in [0.25, 0.3) is 5.91 Å². The molecule has 1 aromatic heterocycles. The second-order valence-corrected chi connectivity index (χ2v) is 8.30. The number of carbonyl (C=O) groups excluding carboxylic acids is 2. The molecule has 0 radical (unpaired) electrons. The number of aromatic nitrogens is 2. The molecule has 1 saturated heterocycles. The van der Waals surface area contributed by atoms with Crippen molar-refractivity contribution in [3.05, 3.63) is 59.8 Å². The number of fused-ring (bicyclic) bond motifs is 1. The van der Waals surface area contributed by atoms with Crippen LogP contribution in [0.2, 0.25) is 0 Å². The van der Waals surface area contributed by atoms with E-state index in [0.717, 1.165) is 19.5 Å². The number of nitrogens with two attached hydrogens (primary N) is 2. The first-order chi connectivity index (χ1) is 15.2. The van der Waals surface area contributed by atoms with Gasteiger partial charge in [0.05, 0.1) is 6.20 Å². The van der Waals surface area contributed by atoms with Crippen molar-refractivity contribution >= 4 is 17.6 Å². The third kappa shape index (κ3) is 6.95. The van der Waals surface area contributed by atoms with Crippen LogP contribution in [0.15, 0.2) is 43.1 Å². The second kappa shape index (κ2) is 12.0. The maximum Gasteiger partial charge on any atom is 0.254 e. The van der Waals surface area contributed by atoms with Crippen LogP contribution in [0.25, 0.3) is 0 Å². The number of primary amides is 1. The smallest absolute Gasteiger partial charge is 0.254 e. The fourth-order valence-corrected chi connectivity index (χ4v) is 3.81. The summed E-state index contributed by atoms with van der Waals surface area (Å²) in [4.78, 5) is 25.7. The summed E-state index contributed by atoms with van der Waals surface area (Å²) in [5.41, 5.74) is 13.8. The molecule has 1 atom stereocenters. The largest absolute Gasteiger partial charge is 0.383 e. The van der Waals surface area contributed by atoms with E-state index in [1.165, 1.54) is 42.6 Å². The van der Waals surface area contributed by atoms with Crippen LogP contribution in [0.5, 0.6) is 0 Å². The minimum atomic E-state index is -0.550. The molecular formula is C24H36N6O2. The summed E-state index contributed by atoms with van der Waals surface area (Å²) in [6.07, 6.45) is 9.18. The first-order valence-corrected chi connectivity index (χ1v) is 11.0. The monoisotopic (exact) mass is 440 g/mol. The van der Waals surface area contributed by atoms with Gasteiger partial charge in [-0.15, -0.1) is 0 Å². The first kappa shape index (κ1) is 25.1. The Morgan fingerprint density at radius 1 is 1.19 bits per heavy atom. The molecule has 1 aliphatic heterocycles. The van der Waals surface area contributed by atoms with E-state index in [2.05, 4.69) is 40.8 Å². The zero-order chi connectivity index (χ0) is 23.7. The summed E-state index contributed by atoms with van der Waals surface area (Å²) in [5.74, 6) is -0.197. The number of amides is 2. The Hall–Kier alpha value is -3.13. The standard InChI is InChI=1S/C10H12.C9H16N2O.C5H8N4O/c1-2-6-10-8-4-3-7-9(10)5-1;1-4-9(12)11-6-5-8(7-11)10(2)3;1-9-4(6)3(2-8-9)5(7)10/h1-2,5-6H,3-4,7-8H2;4,8H,1,5-7H2,2-3H3;2H,6H2,1H3,(H2,7,10). The highest BCUT2D eigenvalue weighted by Gasteiger charge is 2.25. The van der Waals surface area contributed by atoms with Crippen LogP contribution in [0.1, 0.15) is 40.7 Å². The number of nitrogen functional groups attached to an aromatic ring is 1. The number of likely N-dealkylation sites (N-methyl/N-ethyl adjacent to an activating group) is 1. The Balaban J connectivity index is 0.000000171.